The zero-order valence-corrected chi connectivity index (χ0v) is 19.6. The van der Waals surface area contributed by atoms with Crippen molar-refractivity contribution in [3.8, 4) is 11.1 Å². The number of carbonyl (C=O) groups excluding carboxylic acids is 2. The van der Waals surface area contributed by atoms with Gasteiger partial charge in [0.1, 0.15) is 6.61 Å². The molecular formula is C26H32N2O5. The molecule has 0 fully saturated rings. The van der Waals surface area contributed by atoms with Gasteiger partial charge in [-0.1, -0.05) is 69.3 Å². The Hall–Kier alpha value is -3.35. The average molecular weight is 453 g/mol. The Kier molecular flexibility index (Phi) is 7.41. The molecule has 0 heterocycles. The first-order chi connectivity index (χ1) is 15.6. The smallest absolute Gasteiger partial charge is 0.407 e. The lowest BCUT2D eigenvalue weighted by atomic mass is 9.84. The molecular weight excluding hydrogens is 420 g/mol. The number of carbonyl (C=O) groups is 3. The molecule has 1 aliphatic rings. The van der Waals surface area contributed by atoms with Gasteiger partial charge in [0.15, 0.2) is 0 Å². The van der Waals surface area contributed by atoms with Gasteiger partial charge in [-0.15, -0.1) is 0 Å². The lowest BCUT2D eigenvalue weighted by molar-refractivity contribution is -0.138. The van der Waals surface area contributed by atoms with Crippen molar-refractivity contribution in [3.05, 3.63) is 59.7 Å². The van der Waals surface area contributed by atoms with Crippen LogP contribution in [-0.4, -0.2) is 41.8 Å². The molecule has 0 aliphatic heterocycles. The zero-order valence-electron chi connectivity index (χ0n) is 19.6. The van der Waals surface area contributed by atoms with Gasteiger partial charge in [0.25, 0.3) is 0 Å². The van der Waals surface area contributed by atoms with Crippen LogP contribution < -0.4 is 10.6 Å². The molecule has 2 unspecified atom stereocenters. The van der Waals surface area contributed by atoms with Crippen LogP contribution in [0.1, 0.15) is 57.6 Å². The molecule has 3 rings (SSSR count). The standard InChI is InChI=1S/C26H32N2O5/c1-16(13-23(29)28-22(14-24(30)31)26(2,3)4)27-25(32)33-15-21-19-11-7-5-9-17(19)18-10-6-8-12-20(18)21/h5-12,16,21-22H,13-15H2,1-4H3,(H,27,32)(H,28,29)(H,30,31). The highest BCUT2D eigenvalue weighted by Crippen LogP contribution is 2.44. The third kappa shape index (κ3) is 6.12. The molecule has 2 atom stereocenters. The van der Waals surface area contributed by atoms with Crippen LogP contribution in [0.15, 0.2) is 48.5 Å². The molecule has 0 bridgehead atoms. The van der Waals surface area contributed by atoms with Crippen LogP contribution in [-0.2, 0) is 14.3 Å². The number of fused-ring (bicyclic) bond motifs is 3. The van der Waals surface area contributed by atoms with Crippen LogP contribution in [0.5, 0.6) is 0 Å². The van der Waals surface area contributed by atoms with Gasteiger partial charge in [-0.05, 0) is 34.6 Å². The highest BCUT2D eigenvalue weighted by atomic mass is 16.5. The molecule has 2 amide bonds. The summed E-state index contributed by atoms with van der Waals surface area (Å²) in [6, 6.07) is 15.2. The molecule has 1 aliphatic carbocycles. The number of carboxylic acid groups (broad SMARTS) is 1. The Morgan fingerprint density at radius 1 is 0.939 bits per heavy atom. The van der Waals surface area contributed by atoms with Crippen LogP contribution in [0.3, 0.4) is 0 Å². The SMILES string of the molecule is CC(CC(=O)NC(CC(=O)O)C(C)(C)C)NC(=O)OCC1c2ccccc2-c2ccccc21. The summed E-state index contributed by atoms with van der Waals surface area (Å²) in [4.78, 5) is 35.9. The molecule has 176 valence electrons. The van der Waals surface area contributed by atoms with Gasteiger partial charge in [-0.25, -0.2) is 4.79 Å². The van der Waals surface area contributed by atoms with E-state index in [0.29, 0.717) is 0 Å². The van der Waals surface area contributed by atoms with Crippen molar-refractivity contribution in [2.24, 2.45) is 5.41 Å². The number of alkyl carbamates (subject to hydrolysis) is 1. The number of nitrogens with one attached hydrogen (secondary N) is 2. The van der Waals surface area contributed by atoms with E-state index in [2.05, 4.69) is 34.9 Å². The van der Waals surface area contributed by atoms with Crippen LogP contribution in [0.25, 0.3) is 11.1 Å². The monoisotopic (exact) mass is 452 g/mol. The van der Waals surface area contributed by atoms with E-state index in [-0.39, 0.29) is 31.3 Å². The van der Waals surface area contributed by atoms with Crippen molar-refractivity contribution >= 4 is 18.0 Å². The van der Waals surface area contributed by atoms with E-state index in [0.717, 1.165) is 22.3 Å². The maximum atomic E-state index is 12.4. The molecule has 3 N–H and O–H groups in total. The number of benzene rings is 2. The third-order valence-corrected chi connectivity index (χ3v) is 5.96. The minimum atomic E-state index is -0.972. The van der Waals surface area contributed by atoms with Crippen molar-refractivity contribution in [2.75, 3.05) is 6.61 Å². The maximum absolute atomic E-state index is 12.4. The van der Waals surface area contributed by atoms with E-state index < -0.39 is 29.6 Å². The van der Waals surface area contributed by atoms with Crippen molar-refractivity contribution in [1.82, 2.24) is 10.6 Å². The molecule has 0 radical (unpaired) electrons. The van der Waals surface area contributed by atoms with Gasteiger partial charge in [0.2, 0.25) is 5.91 Å². The van der Waals surface area contributed by atoms with E-state index in [1.54, 1.807) is 6.92 Å². The normalized spacial score (nSPS) is 14.5. The van der Waals surface area contributed by atoms with Gasteiger partial charge >= 0.3 is 12.1 Å². The minimum Gasteiger partial charge on any atom is -0.481 e. The van der Waals surface area contributed by atoms with Gasteiger partial charge in [-0.2, -0.15) is 0 Å². The summed E-state index contributed by atoms with van der Waals surface area (Å²) in [7, 11) is 0. The third-order valence-electron chi connectivity index (χ3n) is 5.96. The fraction of sp³-hybridized carbons (Fsp3) is 0.423. The average Bonchev–Trinajstić information content (AvgIpc) is 3.04. The molecule has 7 heteroatoms. The number of ether oxygens (including phenoxy) is 1. The second-order valence-corrected chi connectivity index (χ2v) is 9.66. The molecule has 0 saturated heterocycles. The Balaban J connectivity index is 1.53. The summed E-state index contributed by atoms with van der Waals surface area (Å²) >= 11 is 0. The molecule has 2 aromatic carbocycles. The predicted octanol–water partition coefficient (Wildman–Crippen LogP) is 4.31. The molecule has 7 nitrogen and oxygen atoms in total. The number of hydrogen-bond acceptors (Lipinski definition) is 4. The number of carboxylic acids is 1. The van der Waals surface area contributed by atoms with Crippen molar-refractivity contribution in [3.63, 3.8) is 0 Å². The van der Waals surface area contributed by atoms with Crippen molar-refractivity contribution in [1.29, 1.82) is 0 Å². The molecule has 33 heavy (non-hydrogen) atoms. The van der Waals surface area contributed by atoms with Crippen LogP contribution >= 0.6 is 0 Å². The quantitative estimate of drug-likeness (QED) is 0.554. The van der Waals surface area contributed by atoms with Crippen molar-refractivity contribution in [2.45, 2.75) is 58.5 Å². The lowest BCUT2D eigenvalue weighted by Crippen LogP contribution is -2.47. The Labute approximate surface area is 194 Å². The fourth-order valence-corrected chi connectivity index (χ4v) is 4.17. The largest absolute Gasteiger partial charge is 0.481 e. The van der Waals surface area contributed by atoms with E-state index >= 15 is 0 Å². The molecule has 2 aromatic rings. The van der Waals surface area contributed by atoms with Crippen LogP contribution in [0, 0.1) is 5.41 Å². The summed E-state index contributed by atoms with van der Waals surface area (Å²) < 4.78 is 5.52. The molecule has 0 aromatic heterocycles. The zero-order chi connectivity index (χ0) is 24.2. The van der Waals surface area contributed by atoms with E-state index in [4.69, 9.17) is 9.84 Å². The van der Waals surface area contributed by atoms with Crippen LogP contribution in [0.4, 0.5) is 4.79 Å². The highest BCUT2D eigenvalue weighted by molar-refractivity contribution is 5.80. The Morgan fingerprint density at radius 3 is 2.00 bits per heavy atom. The summed E-state index contributed by atoms with van der Waals surface area (Å²) in [5.74, 6) is -1.33. The highest BCUT2D eigenvalue weighted by Gasteiger charge is 2.30. The van der Waals surface area contributed by atoms with E-state index in [9.17, 15) is 14.4 Å². The van der Waals surface area contributed by atoms with E-state index in [1.807, 2.05) is 45.0 Å². The van der Waals surface area contributed by atoms with Gasteiger partial charge in [0, 0.05) is 24.4 Å². The molecule has 0 saturated carbocycles. The Bertz CT molecular complexity index is 982. The lowest BCUT2D eigenvalue weighted by Gasteiger charge is -2.30. The van der Waals surface area contributed by atoms with E-state index in [1.165, 1.54) is 0 Å². The van der Waals surface area contributed by atoms with Gasteiger partial charge in [0.05, 0.1) is 6.42 Å². The summed E-state index contributed by atoms with van der Waals surface area (Å²) in [5.41, 5.74) is 4.16. The van der Waals surface area contributed by atoms with Gasteiger partial charge < -0.3 is 20.5 Å². The molecule has 0 spiro atoms. The summed E-state index contributed by atoms with van der Waals surface area (Å²) in [5, 5.41) is 14.6. The second kappa shape index (κ2) is 10.1. The number of aliphatic carboxylic acids is 1. The predicted molar refractivity (Wildman–Crippen MR) is 126 cm³/mol. The second-order valence-electron chi connectivity index (χ2n) is 9.66. The summed E-state index contributed by atoms with van der Waals surface area (Å²) in [6.07, 6.45) is -0.727. The van der Waals surface area contributed by atoms with Crippen LogP contribution in [0.2, 0.25) is 0 Å². The number of hydrogen-bond donors (Lipinski definition) is 3. The fourth-order valence-electron chi connectivity index (χ4n) is 4.17. The first-order valence-corrected chi connectivity index (χ1v) is 11.2. The van der Waals surface area contributed by atoms with Crippen molar-refractivity contribution < 1.29 is 24.2 Å². The number of amides is 2. The maximum Gasteiger partial charge on any atom is 0.407 e. The minimum absolute atomic E-state index is 0.0242. The first-order valence-electron chi connectivity index (χ1n) is 11.2. The Morgan fingerprint density at radius 2 is 1.48 bits per heavy atom. The first kappa shape index (κ1) is 24.3. The van der Waals surface area contributed by atoms with Gasteiger partial charge in [-0.3, -0.25) is 9.59 Å². The topological polar surface area (TPSA) is 105 Å². The number of rotatable bonds is 8. The summed E-state index contributed by atoms with van der Waals surface area (Å²) in [6.45, 7) is 7.53.